The topological polar surface area (TPSA) is 112 Å². The van der Waals surface area contributed by atoms with Gasteiger partial charge in [-0.2, -0.15) is 16.1 Å². The van der Waals surface area contributed by atoms with Gasteiger partial charge in [0.1, 0.15) is 18.6 Å². The quantitative estimate of drug-likeness (QED) is 0.210. The van der Waals surface area contributed by atoms with Crippen molar-refractivity contribution in [3.8, 4) is 5.75 Å². The minimum Gasteiger partial charge on any atom is -0.497 e. The lowest BCUT2D eigenvalue weighted by molar-refractivity contribution is -0.142. The number of unbranched alkanes of at least 4 members (excludes halogenated alkanes) is 1. The van der Waals surface area contributed by atoms with Crippen LogP contribution in [-0.2, 0) is 28.7 Å². The van der Waals surface area contributed by atoms with Crippen LogP contribution in [0.5, 0.6) is 5.75 Å². The van der Waals surface area contributed by atoms with Gasteiger partial charge in [0.05, 0.1) is 24.2 Å². The molecule has 0 saturated carbocycles. The van der Waals surface area contributed by atoms with E-state index in [2.05, 4.69) is 20.0 Å². The molecule has 0 saturated heterocycles. The van der Waals surface area contributed by atoms with Crippen molar-refractivity contribution < 1.29 is 37.0 Å². The molecule has 1 unspecified atom stereocenters. The molecule has 36 heavy (non-hydrogen) atoms. The molecule has 0 aliphatic rings. The van der Waals surface area contributed by atoms with Crippen molar-refractivity contribution >= 4 is 36.8 Å². The zero-order valence-electron chi connectivity index (χ0n) is 22.7. The van der Waals surface area contributed by atoms with Gasteiger partial charge in [-0.05, 0) is 57.6 Å². The fourth-order valence-electron chi connectivity index (χ4n) is 3.83. The number of carboxylic acids is 1. The molecule has 208 valence electrons. The first kappa shape index (κ1) is 32.9. The number of methoxy groups -OCH3 is 2. The number of carboxylic acid groups (broad SMARTS) is 1. The van der Waals surface area contributed by atoms with Crippen LogP contribution >= 0.6 is 11.8 Å². The number of hydrogen-bond acceptors (Lipinski definition) is 8. The molecule has 1 N–H and O–H groups in total. The van der Waals surface area contributed by atoms with Gasteiger partial charge in [-0.15, -0.1) is 0 Å². The molecule has 0 aromatic heterocycles. The number of hydrogen-bond donors (Lipinski definition) is 1. The van der Waals surface area contributed by atoms with Crippen molar-refractivity contribution in [2.24, 2.45) is 0 Å². The van der Waals surface area contributed by atoms with Crippen molar-refractivity contribution in [1.29, 1.82) is 0 Å². The Morgan fingerprint density at radius 1 is 1.17 bits per heavy atom. The molecule has 0 amide bonds. The molecule has 1 aromatic rings. The summed E-state index contributed by atoms with van der Waals surface area (Å²) in [6.45, 7) is 9.88. The standard InChI is InChI=1S/C24H43NO8S2Si/c1-9-10-11-20(33-36(7)8)21(32-17-30-5)16-34-24(2,3)22(23(26)27)25(4)35(28,29)19-14-12-18(31-6)13-15-19/h12-15,20-22,36H,9-11,16-17H2,1-8H3,(H,26,27)/t20?,21-,22+/m1/s1. The summed E-state index contributed by atoms with van der Waals surface area (Å²) in [4.78, 5) is 12.4. The van der Waals surface area contributed by atoms with Gasteiger partial charge in [-0.1, -0.05) is 19.8 Å². The highest BCUT2D eigenvalue weighted by Gasteiger charge is 2.44. The third-order valence-corrected chi connectivity index (χ3v) is 9.91. The van der Waals surface area contributed by atoms with E-state index in [4.69, 9.17) is 18.6 Å². The summed E-state index contributed by atoms with van der Waals surface area (Å²) in [5.74, 6) is -0.296. The van der Waals surface area contributed by atoms with Crippen molar-refractivity contribution in [3.63, 3.8) is 0 Å². The summed E-state index contributed by atoms with van der Waals surface area (Å²) in [5, 5.41) is 10.1. The van der Waals surface area contributed by atoms with Crippen LogP contribution in [0.1, 0.15) is 40.0 Å². The van der Waals surface area contributed by atoms with Crippen LogP contribution in [0.25, 0.3) is 0 Å². The van der Waals surface area contributed by atoms with Crippen molar-refractivity contribution in [2.45, 2.75) is 81.0 Å². The number of rotatable bonds is 18. The second-order valence-electron chi connectivity index (χ2n) is 9.33. The number of nitrogens with zero attached hydrogens (tertiary/aromatic N) is 1. The highest BCUT2D eigenvalue weighted by molar-refractivity contribution is 8.00. The molecule has 9 nitrogen and oxygen atoms in total. The smallest absolute Gasteiger partial charge is 0.323 e. The van der Waals surface area contributed by atoms with E-state index in [0.717, 1.165) is 23.6 Å². The van der Waals surface area contributed by atoms with Gasteiger partial charge in [-0.3, -0.25) is 4.79 Å². The minimum absolute atomic E-state index is 0.00549. The third kappa shape index (κ3) is 9.62. The Balaban J connectivity index is 3.18. The molecule has 0 fully saturated rings. The van der Waals surface area contributed by atoms with E-state index in [-0.39, 0.29) is 23.9 Å². The van der Waals surface area contributed by atoms with Crippen molar-refractivity contribution in [3.05, 3.63) is 24.3 Å². The first-order chi connectivity index (χ1) is 16.8. The first-order valence-corrected chi connectivity index (χ1v) is 17.3. The van der Waals surface area contributed by atoms with Gasteiger partial charge in [0.2, 0.25) is 10.0 Å². The Labute approximate surface area is 222 Å². The van der Waals surface area contributed by atoms with Crippen LogP contribution in [0, 0.1) is 0 Å². The number of aliphatic carboxylic acids is 1. The van der Waals surface area contributed by atoms with Gasteiger partial charge in [-0.25, -0.2) is 8.42 Å². The molecule has 12 heteroatoms. The van der Waals surface area contributed by atoms with Crippen LogP contribution in [-0.4, -0.2) is 89.6 Å². The fraction of sp³-hybridized carbons (Fsp3) is 0.708. The van der Waals surface area contributed by atoms with E-state index in [0.29, 0.717) is 11.5 Å². The van der Waals surface area contributed by atoms with E-state index < -0.39 is 35.8 Å². The Bertz CT molecular complexity index is 896. The number of benzene rings is 1. The lowest BCUT2D eigenvalue weighted by Crippen LogP contribution is -2.53. The van der Waals surface area contributed by atoms with E-state index in [1.54, 1.807) is 21.0 Å². The zero-order chi connectivity index (χ0) is 27.5. The second-order valence-corrected chi connectivity index (χ2v) is 15.4. The van der Waals surface area contributed by atoms with Gasteiger partial charge in [0.25, 0.3) is 0 Å². The second kappa shape index (κ2) is 15.3. The highest BCUT2D eigenvalue weighted by Crippen LogP contribution is 2.35. The average molecular weight is 566 g/mol. The van der Waals surface area contributed by atoms with E-state index >= 15 is 0 Å². The summed E-state index contributed by atoms with van der Waals surface area (Å²) in [6.07, 6.45) is 2.36. The maximum absolute atomic E-state index is 13.3. The van der Waals surface area contributed by atoms with E-state index in [1.807, 2.05) is 0 Å². The van der Waals surface area contributed by atoms with Crippen LogP contribution in [0.15, 0.2) is 29.2 Å². The molecule has 0 radical (unpaired) electrons. The zero-order valence-corrected chi connectivity index (χ0v) is 25.5. The maximum Gasteiger partial charge on any atom is 0.323 e. The number of ether oxygens (including phenoxy) is 3. The van der Waals surface area contributed by atoms with Crippen LogP contribution in [0.4, 0.5) is 0 Å². The number of likely N-dealkylation sites (N-methyl/N-ethyl adjacent to an activating group) is 1. The van der Waals surface area contributed by atoms with Crippen LogP contribution in [0.3, 0.4) is 0 Å². The van der Waals surface area contributed by atoms with E-state index in [9.17, 15) is 18.3 Å². The molecular weight excluding hydrogens is 522 g/mol. The molecular formula is C24H43NO8S2Si. The summed E-state index contributed by atoms with van der Waals surface area (Å²) in [6, 6.07) is 4.55. The summed E-state index contributed by atoms with van der Waals surface area (Å²) in [5.41, 5.74) is 0. The largest absolute Gasteiger partial charge is 0.497 e. The molecule has 0 spiro atoms. The van der Waals surface area contributed by atoms with Gasteiger partial charge < -0.3 is 23.7 Å². The maximum atomic E-state index is 13.3. The van der Waals surface area contributed by atoms with Gasteiger partial charge in [0, 0.05) is 24.7 Å². The Morgan fingerprint density at radius 3 is 2.25 bits per heavy atom. The minimum atomic E-state index is -4.08. The monoisotopic (exact) mass is 565 g/mol. The molecule has 1 rings (SSSR count). The van der Waals surface area contributed by atoms with Crippen LogP contribution < -0.4 is 4.74 Å². The van der Waals surface area contributed by atoms with Gasteiger partial charge in [0.15, 0.2) is 9.04 Å². The highest BCUT2D eigenvalue weighted by atomic mass is 32.2. The lowest BCUT2D eigenvalue weighted by atomic mass is 10.0. The molecule has 0 bridgehead atoms. The molecule has 0 heterocycles. The van der Waals surface area contributed by atoms with Crippen molar-refractivity contribution in [1.82, 2.24) is 4.31 Å². The predicted molar refractivity (Wildman–Crippen MR) is 146 cm³/mol. The Hall–Kier alpha value is -1.15. The SMILES string of the molecule is CCCCC(O[SiH](C)C)[C@@H](CSC(C)(C)[C@H](C(=O)O)N(C)S(=O)(=O)c1ccc(OC)cc1)OCOC. The number of thioether (sulfide) groups is 1. The first-order valence-electron chi connectivity index (χ1n) is 12.1. The fourth-order valence-corrected chi connectivity index (χ4v) is 7.68. The Kier molecular flexibility index (Phi) is 14.0. The molecule has 1 aromatic carbocycles. The molecule has 3 atom stereocenters. The van der Waals surface area contributed by atoms with Crippen LogP contribution in [0.2, 0.25) is 13.1 Å². The molecule has 0 aliphatic carbocycles. The summed E-state index contributed by atoms with van der Waals surface area (Å²) < 4.78 is 49.0. The predicted octanol–water partition coefficient (Wildman–Crippen LogP) is 3.83. The lowest BCUT2D eigenvalue weighted by Gasteiger charge is -2.38. The van der Waals surface area contributed by atoms with E-state index in [1.165, 1.54) is 50.2 Å². The number of sulfonamides is 1. The average Bonchev–Trinajstić information content (AvgIpc) is 2.81. The normalized spacial score (nSPS) is 15.2. The summed E-state index contributed by atoms with van der Waals surface area (Å²) in [7, 11) is -1.10. The number of carbonyl (C=O) groups is 1. The summed E-state index contributed by atoms with van der Waals surface area (Å²) >= 11 is 1.36. The Morgan fingerprint density at radius 2 is 1.78 bits per heavy atom. The van der Waals surface area contributed by atoms with Crippen molar-refractivity contribution in [2.75, 3.05) is 33.8 Å². The van der Waals surface area contributed by atoms with Gasteiger partial charge >= 0.3 is 5.97 Å². The molecule has 0 aliphatic heterocycles. The third-order valence-electron chi connectivity index (χ3n) is 5.72.